The molecule has 2 rings (SSSR count). The Labute approximate surface area is 115 Å². The first-order valence-electron chi connectivity index (χ1n) is 6.02. The Morgan fingerprint density at radius 2 is 2.25 bits per heavy atom. The lowest BCUT2D eigenvalue weighted by molar-refractivity contribution is -0.142. The van der Waals surface area contributed by atoms with Crippen LogP contribution >= 0.6 is 0 Å². The van der Waals surface area contributed by atoms with Crippen molar-refractivity contribution in [3.05, 3.63) is 29.1 Å². The molecule has 2 unspecified atom stereocenters. The predicted octanol–water partition coefficient (Wildman–Crippen LogP) is 0.0911. The van der Waals surface area contributed by atoms with Crippen molar-refractivity contribution in [1.29, 1.82) is 5.26 Å². The van der Waals surface area contributed by atoms with Gasteiger partial charge in [-0.25, -0.2) is 4.98 Å². The van der Waals surface area contributed by atoms with Crippen LogP contribution in [0.4, 0.5) is 0 Å². The number of carboxylic acid groups (broad SMARTS) is 1. The summed E-state index contributed by atoms with van der Waals surface area (Å²) < 4.78 is 5.07. The van der Waals surface area contributed by atoms with E-state index in [1.165, 1.54) is 12.1 Å². The molecule has 1 fully saturated rings. The Bertz CT molecular complexity index is 594. The van der Waals surface area contributed by atoms with Crippen molar-refractivity contribution in [3.63, 3.8) is 0 Å². The molecule has 0 spiro atoms. The van der Waals surface area contributed by atoms with Gasteiger partial charge in [-0.15, -0.1) is 0 Å². The average molecular weight is 275 g/mol. The minimum Gasteiger partial charge on any atom is -0.481 e. The van der Waals surface area contributed by atoms with Gasteiger partial charge >= 0.3 is 5.97 Å². The number of aromatic nitrogens is 1. The zero-order valence-corrected chi connectivity index (χ0v) is 10.8. The summed E-state index contributed by atoms with van der Waals surface area (Å²) in [5.74, 6) is -2.23. The molecule has 1 aromatic rings. The fourth-order valence-corrected chi connectivity index (χ4v) is 1.99. The third-order valence-corrected chi connectivity index (χ3v) is 3.15. The Morgan fingerprint density at radius 3 is 2.85 bits per heavy atom. The van der Waals surface area contributed by atoms with Gasteiger partial charge in [0.1, 0.15) is 17.7 Å². The molecule has 1 aromatic heterocycles. The van der Waals surface area contributed by atoms with Crippen molar-refractivity contribution in [1.82, 2.24) is 10.3 Å². The molecule has 1 saturated heterocycles. The van der Waals surface area contributed by atoms with Crippen LogP contribution in [-0.2, 0) is 9.53 Å². The van der Waals surface area contributed by atoms with Crippen LogP contribution in [0.5, 0.6) is 0 Å². The highest BCUT2D eigenvalue weighted by atomic mass is 16.5. The van der Waals surface area contributed by atoms with Gasteiger partial charge in [-0.05, 0) is 19.1 Å². The topological polar surface area (TPSA) is 112 Å². The maximum absolute atomic E-state index is 12.0. The van der Waals surface area contributed by atoms with Gasteiger partial charge in [-0.3, -0.25) is 9.59 Å². The smallest absolute Gasteiger partial charge is 0.311 e. The van der Waals surface area contributed by atoms with E-state index < -0.39 is 23.8 Å². The normalized spacial score (nSPS) is 21.2. The fraction of sp³-hybridized carbons (Fsp3) is 0.385. The number of hydrogen-bond donors (Lipinski definition) is 2. The number of pyridine rings is 1. The van der Waals surface area contributed by atoms with Crippen LogP contribution < -0.4 is 5.32 Å². The molecule has 1 aliphatic rings. The number of nitrogens with one attached hydrogen (secondary N) is 1. The summed E-state index contributed by atoms with van der Waals surface area (Å²) in [5.41, 5.74) is 1.00. The molecule has 7 nitrogen and oxygen atoms in total. The van der Waals surface area contributed by atoms with E-state index in [2.05, 4.69) is 10.3 Å². The van der Waals surface area contributed by atoms with Gasteiger partial charge in [0.25, 0.3) is 5.91 Å². The van der Waals surface area contributed by atoms with E-state index in [1.54, 1.807) is 6.92 Å². The average Bonchev–Trinajstić information content (AvgIpc) is 2.86. The molecule has 0 bridgehead atoms. The molecule has 0 aromatic carbocycles. The van der Waals surface area contributed by atoms with Gasteiger partial charge in [0.2, 0.25) is 0 Å². The summed E-state index contributed by atoms with van der Waals surface area (Å²) >= 11 is 0. The molecule has 7 heteroatoms. The summed E-state index contributed by atoms with van der Waals surface area (Å²) in [5, 5.41) is 20.4. The van der Waals surface area contributed by atoms with Crippen molar-refractivity contribution in [2.75, 3.05) is 13.2 Å². The van der Waals surface area contributed by atoms with Crippen LogP contribution in [0.2, 0.25) is 0 Å². The summed E-state index contributed by atoms with van der Waals surface area (Å²) in [6.45, 7) is 1.88. The monoisotopic (exact) mass is 275 g/mol. The van der Waals surface area contributed by atoms with Crippen LogP contribution in [0.25, 0.3) is 0 Å². The largest absolute Gasteiger partial charge is 0.481 e. The Morgan fingerprint density at radius 1 is 1.50 bits per heavy atom. The highest BCUT2D eigenvalue weighted by Crippen LogP contribution is 2.14. The molecule has 2 N–H and O–H groups in total. The Hall–Kier alpha value is -2.46. The molecule has 20 heavy (non-hydrogen) atoms. The summed E-state index contributed by atoms with van der Waals surface area (Å²) in [4.78, 5) is 27.0. The van der Waals surface area contributed by atoms with E-state index in [4.69, 9.17) is 15.1 Å². The molecule has 1 aliphatic heterocycles. The number of aliphatic carboxylic acids is 1. The van der Waals surface area contributed by atoms with Gasteiger partial charge < -0.3 is 15.2 Å². The van der Waals surface area contributed by atoms with Gasteiger partial charge in [0.15, 0.2) is 0 Å². The third kappa shape index (κ3) is 2.75. The first-order valence-corrected chi connectivity index (χ1v) is 6.02. The van der Waals surface area contributed by atoms with Gasteiger partial charge in [0, 0.05) is 0 Å². The maximum atomic E-state index is 12.0. The van der Waals surface area contributed by atoms with Gasteiger partial charge in [-0.1, -0.05) is 0 Å². The second-order valence-electron chi connectivity index (χ2n) is 4.50. The number of ether oxygens (including phenoxy) is 1. The molecule has 1 amide bonds. The second kappa shape index (κ2) is 5.67. The van der Waals surface area contributed by atoms with E-state index in [9.17, 15) is 9.59 Å². The zero-order chi connectivity index (χ0) is 14.7. The quantitative estimate of drug-likeness (QED) is 0.808. The molecule has 0 saturated carbocycles. The van der Waals surface area contributed by atoms with E-state index >= 15 is 0 Å². The maximum Gasteiger partial charge on any atom is 0.311 e. The first-order chi connectivity index (χ1) is 9.52. The van der Waals surface area contributed by atoms with E-state index in [-0.39, 0.29) is 18.9 Å². The van der Waals surface area contributed by atoms with Crippen molar-refractivity contribution in [2.24, 2.45) is 5.92 Å². The van der Waals surface area contributed by atoms with E-state index in [0.717, 1.165) is 0 Å². The highest BCUT2D eigenvalue weighted by molar-refractivity contribution is 5.93. The molecule has 2 heterocycles. The number of nitrogens with zero attached hydrogens (tertiary/aromatic N) is 2. The molecule has 2 atom stereocenters. The standard InChI is InChI=1S/C13H13N3O4/c1-7-8(4-14)2-3-10(15-7)12(17)16-11-6-20-5-9(11)13(18)19/h2-3,9,11H,5-6H2,1H3,(H,16,17)(H,18,19). The molecular formula is C13H13N3O4. The van der Waals surface area contributed by atoms with E-state index in [0.29, 0.717) is 11.3 Å². The fourth-order valence-electron chi connectivity index (χ4n) is 1.99. The highest BCUT2D eigenvalue weighted by Gasteiger charge is 2.35. The molecule has 0 aliphatic carbocycles. The molecular weight excluding hydrogens is 262 g/mol. The number of carbonyl (C=O) groups excluding carboxylic acids is 1. The summed E-state index contributed by atoms with van der Waals surface area (Å²) in [6, 6.07) is 4.34. The lowest BCUT2D eigenvalue weighted by atomic mass is 10.0. The Kier molecular flexibility index (Phi) is 3.96. The minimum atomic E-state index is -1.00. The van der Waals surface area contributed by atoms with Crippen LogP contribution in [0, 0.1) is 24.2 Å². The number of nitriles is 1. The molecule has 104 valence electrons. The number of aryl methyl sites for hydroxylation is 1. The number of carbonyl (C=O) groups is 2. The van der Waals surface area contributed by atoms with Crippen molar-refractivity contribution < 1.29 is 19.4 Å². The lowest BCUT2D eigenvalue weighted by Crippen LogP contribution is -2.43. The van der Waals surface area contributed by atoms with Crippen LogP contribution in [0.3, 0.4) is 0 Å². The minimum absolute atomic E-state index is 0.0834. The summed E-state index contributed by atoms with van der Waals surface area (Å²) in [6.07, 6.45) is 0. The van der Waals surface area contributed by atoms with Crippen LogP contribution in [0.1, 0.15) is 21.7 Å². The summed E-state index contributed by atoms with van der Waals surface area (Å²) in [7, 11) is 0. The van der Waals surface area contributed by atoms with Crippen molar-refractivity contribution in [3.8, 4) is 6.07 Å². The number of hydrogen-bond acceptors (Lipinski definition) is 5. The van der Waals surface area contributed by atoms with Crippen LogP contribution in [0.15, 0.2) is 12.1 Å². The van der Waals surface area contributed by atoms with Crippen molar-refractivity contribution in [2.45, 2.75) is 13.0 Å². The van der Waals surface area contributed by atoms with Gasteiger partial charge in [0.05, 0.1) is 30.5 Å². The third-order valence-electron chi connectivity index (χ3n) is 3.15. The zero-order valence-electron chi connectivity index (χ0n) is 10.8. The molecule has 0 radical (unpaired) electrons. The lowest BCUT2D eigenvalue weighted by Gasteiger charge is -2.15. The predicted molar refractivity (Wildman–Crippen MR) is 66.9 cm³/mol. The van der Waals surface area contributed by atoms with Crippen LogP contribution in [-0.4, -0.2) is 41.2 Å². The number of rotatable bonds is 3. The van der Waals surface area contributed by atoms with Crippen molar-refractivity contribution >= 4 is 11.9 Å². The van der Waals surface area contributed by atoms with E-state index in [1.807, 2.05) is 6.07 Å². The second-order valence-corrected chi connectivity index (χ2v) is 4.50. The first kappa shape index (κ1) is 14.0. The number of carboxylic acids is 1. The SMILES string of the molecule is Cc1nc(C(=O)NC2COCC2C(=O)O)ccc1C#N. The Balaban J connectivity index is 2.11. The van der Waals surface area contributed by atoms with Gasteiger partial charge in [-0.2, -0.15) is 5.26 Å². The number of amides is 1.